The van der Waals surface area contributed by atoms with Gasteiger partial charge in [0, 0.05) is 12.1 Å². The number of methoxy groups -OCH3 is 1. The van der Waals surface area contributed by atoms with Crippen molar-refractivity contribution in [3.05, 3.63) is 22.0 Å². The molecule has 0 aliphatic heterocycles. The van der Waals surface area contributed by atoms with Gasteiger partial charge in [0.2, 0.25) is 0 Å². The summed E-state index contributed by atoms with van der Waals surface area (Å²) in [5, 5.41) is 0.507. The summed E-state index contributed by atoms with van der Waals surface area (Å²) < 4.78 is 10.2. The van der Waals surface area contributed by atoms with Crippen molar-refractivity contribution >= 4 is 34.9 Å². The number of nitrogens with one attached hydrogen (secondary N) is 1. The third kappa shape index (κ3) is 1.43. The number of hydrogen-bond acceptors (Lipinski definition) is 3. The van der Waals surface area contributed by atoms with Crippen LogP contribution in [0.5, 0.6) is 5.75 Å². The largest absolute Gasteiger partial charge is 0.495 e. The van der Waals surface area contributed by atoms with Crippen molar-refractivity contribution in [3.8, 4) is 5.75 Å². The number of oxazole rings is 1. The molecule has 0 amide bonds. The van der Waals surface area contributed by atoms with Crippen LogP contribution in [0.4, 0.5) is 0 Å². The lowest BCUT2D eigenvalue weighted by atomic mass is 10.3. The fourth-order valence-electron chi connectivity index (χ4n) is 1.11. The van der Waals surface area contributed by atoms with Gasteiger partial charge in [-0.2, -0.15) is 0 Å². The maximum atomic E-state index is 5.88. The molecular formula is C8H6ClNO2S. The standard InChI is InChI=1S/C8H6ClNO2S/c1-11-6-3-5-7(2-4(6)9)12-8(13)10-5/h2-3H,1H3,(H,10,13). The Morgan fingerprint density at radius 1 is 1.54 bits per heavy atom. The summed E-state index contributed by atoms with van der Waals surface area (Å²) in [7, 11) is 1.56. The first-order valence-electron chi connectivity index (χ1n) is 3.57. The fraction of sp³-hybridized carbons (Fsp3) is 0.125. The molecule has 0 fully saturated rings. The molecule has 0 aliphatic carbocycles. The van der Waals surface area contributed by atoms with Crippen molar-refractivity contribution in [1.29, 1.82) is 0 Å². The molecule has 0 spiro atoms. The second-order valence-corrected chi connectivity index (χ2v) is 3.28. The highest BCUT2D eigenvalue weighted by Gasteiger charge is 2.05. The van der Waals surface area contributed by atoms with Crippen LogP contribution in [0.1, 0.15) is 0 Å². The first-order valence-corrected chi connectivity index (χ1v) is 4.35. The number of halogens is 1. The molecule has 0 atom stereocenters. The zero-order chi connectivity index (χ0) is 9.42. The quantitative estimate of drug-likeness (QED) is 0.743. The molecule has 0 saturated heterocycles. The van der Waals surface area contributed by atoms with Crippen molar-refractivity contribution < 1.29 is 9.15 Å². The monoisotopic (exact) mass is 215 g/mol. The average Bonchev–Trinajstić information content (AvgIpc) is 2.42. The minimum Gasteiger partial charge on any atom is -0.495 e. The number of H-pyrrole nitrogens is 1. The van der Waals surface area contributed by atoms with Crippen LogP contribution in [-0.4, -0.2) is 12.1 Å². The van der Waals surface area contributed by atoms with Crippen LogP contribution in [0.3, 0.4) is 0 Å². The van der Waals surface area contributed by atoms with Crippen molar-refractivity contribution in [2.75, 3.05) is 7.11 Å². The third-order valence-corrected chi connectivity index (χ3v) is 2.17. The highest BCUT2D eigenvalue weighted by molar-refractivity contribution is 7.71. The molecule has 1 aromatic heterocycles. The summed E-state index contributed by atoms with van der Waals surface area (Å²) >= 11 is 10.7. The topological polar surface area (TPSA) is 38.2 Å². The molecule has 2 aromatic rings. The van der Waals surface area contributed by atoms with Gasteiger partial charge in [0.15, 0.2) is 5.58 Å². The molecule has 3 nitrogen and oxygen atoms in total. The van der Waals surface area contributed by atoms with E-state index in [2.05, 4.69) is 4.98 Å². The number of aromatic nitrogens is 1. The first-order chi connectivity index (χ1) is 6.20. The molecule has 0 bridgehead atoms. The number of rotatable bonds is 1. The molecule has 0 aliphatic rings. The number of ether oxygens (including phenoxy) is 1. The zero-order valence-electron chi connectivity index (χ0n) is 6.76. The summed E-state index contributed by atoms with van der Waals surface area (Å²) in [5.74, 6) is 0.598. The van der Waals surface area contributed by atoms with Gasteiger partial charge in [-0.25, -0.2) is 0 Å². The predicted octanol–water partition coefficient (Wildman–Crippen LogP) is 3.15. The maximum Gasteiger partial charge on any atom is 0.266 e. The van der Waals surface area contributed by atoms with E-state index in [1.807, 2.05) is 0 Å². The van der Waals surface area contributed by atoms with Gasteiger partial charge in [-0.05, 0) is 12.2 Å². The Bertz CT molecular complexity index is 502. The van der Waals surface area contributed by atoms with Crippen molar-refractivity contribution in [2.45, 2.75) is 0 Å². The van der Waals surface area contributed by atoms with Gasteiger partial charge >= 0.3 is 0 Å². The van der Waals surface area contributed by atoms with Gasteiger partial charge in [0.05, 0.1) is 17.6 Å². The van der Waals surface area contributed by atoms with Crippen molar-refractivity contribution in [1.82, 2.24) is 4.98 Å². The molecular weight excluding hydrogens is 210 g/mol. The van der Waals surface area contributed by atoms with E-state index in [4.69, 9.17) is 33.0 Å². The van der Waals surface area contributed by atoms with Crippen molar-refractivity contribution in [3.63, 3.8) is 0 Å². The second kappa shape index (κ2) is 3.05. The minimum atomic E-state index is 0.333. The number of aromatic amines is 1. The van der Waals surface area contributed by atoms with Gasteiger partial charge in [0.1, 0.15) is 5.75 Å². The van der Waals surface area contributed by atoms with Gasteiger partial charge in [0.25, 0.3) is 4.84 Å². The van der Waals surface area contributed by atoms with Crippen LogP contribution >= 0.6 is 23.8 Å². The van der Waals surface area contributed by atoms with E-state index in [1.54, 1.807) is 19.2 Å². The minimum absolute atomic E-state index is 0.333. The van der Waals surface area contributed by atoms with Crippen LogP contribution in [-0.2, 0) is 0 Å². The number of benzene rings is 1. The number of fused-ring (bicyclic) bond motifs is 1. The Hall–Kier alpha value is -1.00. The highest BCUT2D eigenvalue weighted by atomic mass is 35.5. The normalized spacial score (nSPS) is 10.6. The second-order valence-electron chi connectivity index (χ2n) is 2.50. The summed E-state index contributed by atoms with van der Waals surface area (Å²) in [5.41, 5.74) is 1.42. The SMILES string of the molecule is COc1cc2[nH]c(=S)oc2cc1Cl. The number of hydrogen-bond donors (Lipinski definition) is 1. The van der Waals surface area contributed by atoms with Gasteiger partial charge in [-0.3, -0.25) is 0 Å². The van der Waals surface area contributed by atoms with Gasteiger partial charge < -0.3 is 14.1 Å². The summed E-state index contributed by atoms with van der Waals surface area (Å²) in [4.78, 5) is 3.20. The Kier molecular flexibility index (Phi) is 2.01. The van der Waals surface area contributed by atoms with Crippen LogP contribution in [0.2, 0.25) is 5.02 Å². The van der Waals surface area contributed by atoms with E-state index in [9.17, 15) is 0 Å². The molecule has 5 heteroatoms. The average molecular weight is 216 g/mol. The lowest BCUT2D eigenvalue weighted by Crippen LogP contribution is -1.83. The molecule has 68 valence electrons. The molecule has 1 aromatic carbocycles. The molecule has 0 saturated carbocycles. The Labute approximate surface area is 84.3 Å². The van der Waals surface area contributed by atoms with E-state index in [0.29, 0.717) is 21.2 Å². The first kappa shape index (κ1) is 8.59. The lowest BCUT2D eigenvalue weighted by molar-refractivity contribution is 0.415. The summed E-state index contributed by atoms with van der Waals surface area (Å²) in [6, 6.07) is 3.42. The van der Waals surface area contributed by atoms with Crippen LogP contribution in [0, 0.1) is 4.84 Å². The Morgan fingerprint density at radius 2 is 2.31 bits per heavy atom. The van der Waals surface area contributed by atoms with Gasteiger partial charge in [-0.15, -0.1) is 0 Å². The van der Waals surface area contributed by atoms with E-state index in [0.717, 1.165) is 5.52 Å². The molecule has 1 heterocycles. The van der Waals surface area contributed by atoms with E-state index < -0.39 is 0 Å². The molecule has 0 unspecified atom stereocenters. The van der Waals surface area contributed by atoms with E-state index >= 15 is 0 Å². The zero-order valence-corrected chi connectivity index (χ0v) is 8.33. The molecule has 1 N–H and O–H groups in total. The Balaban J connectivity index is 2.80. The third-order valence-electron chi connectivity index (χ3n) is 1.69. The van der Waals surface area contributed by atoms with Crippen molar-refractivity contribution in [2.24, 2.45) is 0 Å². The summed E-state index contributed by atoms with van der Waals surface area (Å²) in [6.07, 6.45) is 0. The predicted molar refractivity (Wildman–Crippen MR) is 53.0 cm³/mol. The smallest absolute Gasteiger partial charge is 0.266 e. The molecule has 0 radical (unpaired) electrons. The fourth-order valence-corrected chi connectivity index (χ4v) is 1.54. The highest BCUT2D eigenvalue weighted by Crippen LogP contribution is 2.29. The Morgan fingerprint density at radius 3 is 3.00 bits per heavy atom. The molecule has 2 rings (SSSR count). The van der Waals surface area contributed by atoms with Gasteiger partial charge in [-0.1, -0.05) is 11.6 Å². The van der Waals surface area contributed by atoms with E-state index in [1.165, 1.54) is 0 Å². The molecule has 13 heavy (non-hydrogen) atoms. The van der Waals surface area contributed by atoms with E-state index in [-0.39, 0.29) is 0 Å². The van der Waals surface area contributed by atoms with Crippen LogP contribution in [0.25, 0.3) is 11.1 Å². The lowest BCUT2D eigenvalue weighted by Gasteiger charge is -2.00. The van der Waals surface area contributed by atoms with Crippen LogP contribution < -0.4 is 4.74 Å². The summed E-state index contributed by atoms with van der Waals surface area (Å²) in [6.45, 7) is 0. The maximum absolute atomic E-state index is 5.88. The van der Waals surface area contributed by atoms with Crippen LogP contribution in [0.15, 0.2) is 16.5 Å².